The highest BCUT2D eigenvalue weighted by Crippen LogP contribution is 2.23. The largest absolute Gasteiger partial charge is 0.0654 e. The van der Waals surface area contributed by atoms with Crippen molar-refractivity contribution >= 4 is 0 Å². The monoisotopic (exact) mass is 338 g/mol. The van der Waals surface area contributed by atoms with E-state index in [1.165, 1.54) is 128 Å². The maximum atomic E-state index is 2.37. The zero-order chi connectivity index (χ0) is 17.7. The Kier molecular flexibility index (Phi) is 21.0. The quantitative estimate of drug-likeness (QED) is 0.194. The lowest BCUT2D eigenvalue weighted by atomic mass is 9.90. The molecule has 0 heterocycles. The minimum Gasteiger partial charge on any atom is -0.0654 e. The van der Waals surface area contributed by atoms with Crippen LogP contribution in [-0.2, 0) is 0 Å². The third kappa shape index (κ3) is 18.3. The van der Waals surface area contributed by atoms with Gasteiger partial charge >= 0.3 is 0 Å². The van der Waals surface area contributed by atoms with Gasteiger partial charge in [0.25, 0.3) is 0 Å². The molecular weight excluding hydrogens is 288 g/mol. The first-order chi connectivity index (χ1) is 11.8. The van der Waals surface area contributed by atoms with Crippen molar-refractivity contribution in [2.45, 2.75) is 149 Å². The maximum Gasteiger partial charge on any atom is -0.0414 e. The molecule has 0 aliphatic heterocycles. The van der Waals surface area contributed by atoms with Crippen molar-refractivity contribution < 1.29 is 0 Å². The molecule has 0 spiro atoms. The number of unbranched alkanes of at least 4 members (excludes halogenated alkanes) is 14. The Labute approximate surface area is 155 Å². The van der Waals surface area contributed by atoms with E-state index in [0.717, 1.165) is 5.92 Å². The summed E-state index contributed by atoms with van der Waals surface area (Å²) in [5.41, 5.74) is 0. The molecule has 0 fully saturated rings. The molecule has 0 saturated carbocycles. The fourth-order valence-electron chi connectivity index (χ4n) is 3.98. The molecule has 0 saturated heterocycles. The lowest BCUT2D eigenvalue weighted by molar-refractivity contribution is 0.377. The minimum absolute atomic E-state index is 1.04. The van der Waals surface area contributed by atoms with Crippen LogP contribution < -0.4 is 0 Å². The van der Waals surface area contributed by atoms with Gasteiger partial charge in [0, 0.05) is 0 Å². The molecule has 0 amide bonds. The maximum absolute atomic E-state index is 2.37. The SMILES string of the molecule is CCCCCCCCCCCCC[C@H](CCC)CCCCCCC. The Morgan fingerprint density at radius 2 is 0.667 bits per heavy atom. The number of hydrogen-bond acceptors (Lipinski definition) is 0. The van der Waals surface area contributed by atoms with E-state index in [1.54, 1.807) is 0 Å². The zero-order valence-corrected chi connectivity index (χ0v) is 17.7. The van der Waals surface area contributed by atoms with Crippen molar-refractivity contribution in [3.63, 3.8) is 0 Å². The molecule has 0 aliphatic carbocycles. The van der Waals surface area contributed by atoms with Gasteiger partial charge in [-0.15, -0.1) is 0 Å². The van der Waals surface area contributed by atoms with Crippen molar-refractivity contribution in [1.29, 1.82) is 0 Å². The standard InChI is InChI=1S/C24H50/c1-4-7-9-11-12-13-14-15-16-18-20-23-24(21-6-3)22-19-17-10-8-5-2/h24H,4-23H2,1-3H3/t24-/m1/s1. The van der Waals surface area contributed by atoms with E-state index in [0.29, 0.717) is 0 Å². The fourth-order valence-corrected chi connectivity index (χ4v) is 3.98. The lowest BCUT2D eigenvalue weighted by Crippen LogP contribution is -2.00. The molecule has 0 heteroatoms. The van der Waals surface area contributed by atoms with Crippen LogP contribution in [0.25, 0.3) is 0 Å². The Hall–Kier alpha value is 0. The van der Waals surface area contributed by atoms with Crippen LogP contribution in [0.2, 0.25) is 0 Å². The van der Waals surface area contributed by atoms with Gasteiger partial charge in [0.05, 0.1) is 0 Å². The van der Waals surface area contributed by atoms with E-state index >= 15 is 0 Å². The van der Waals surface area contributed by atoms with Gasteiger partial charge in [-0.25, -0.2) is 0 Å². The average molecular weight is 339 g/mol. The van der Waals surface area contributed by atoms with Crippen LogP contribution in [0, 0.1) is 5.92 Å². The molecule has 24 heavy (non-hydrogen) atoms. The molecule has 0 aromatic carbocycles. The van der Waals surface area contributed by atoms with Crippen LogP contribution in [0.1, 0.15) is 149 Å². The Morgan fingerprint density at radius 1 is 0.333 bits per heavy atom. The fraction of sp³-hybridized carbons (Fsp3) is 1.00. The van der Waals surface area contributed by atoms with Crippen LogP contribution >= 0.6 is 0 Å². The molecule has 0 aromatic heterocycles. The van der Waals surface area contributed by atoms with Crippen LogP contribution in [0.15, 0.2) is 0 Å². The smallest absolute Gasteiger partial charge is 0.0414 e. The molecule has 0 unspecified atom stereocenters. The molecule has 0 N–H and O–H groups in total. The highest BCUT2D eigenvalue weighted by Gasteiger charge is 2.07. The lowest BCUT2D eigenvalue weighted by Gasteiger charge is -2.16. The number of rotatable bonds is 20. The van der Waals surface area contributed by atoms with Crippen LogP contribution in [0.4, 0.5) is 0 Å². The van der Waals surface area contributed by atoms with Crippen molar-refractivity contribution in [3.05, 3.63) is 0 Å². The topological polar surface area (TPSA) is 0 Å². The highest BCUT2D eigenvalue weighted by molar-refractivity contribution is 4.60. The summed E-state index contributed by atoms with van der Waals surface area (Å²) in [6, 6.07) is 0. The summed E-state index contributed by atoms with van der Waals surface area (Å²) in [5.74, 6) is 1.04. The van der Waals surface area contributed by atoms with E-state index in [9.17, 15) is 0 Å². The number of hydrogen-bond donors (Lipinski definition) is 0. The summed E-state index contributed by atoms with van der Waals surface area (Å²) >= 11 is 0. The van der Waals surface area contributed by atoms with Gasteiger partial charge in [0.15, 0.2) is 0 Å². The van der Waals surface area contributed by atoms with Gasteiger partial charge in [0.2, 0.25) is 0 Å². The van der Waals surface area contributed by atoms with E-state index in [-0.39, 0.29) is 0 Å². The molecule has 0 nitrogen and oxygen atoms in total. The first-order valence-corrected chi connectivity index (χ1v) is 11.8. The van der Waals surface area contributed by atoms with Crippen LogP contribution in [0.3, 0.4) is 0 Å². The molecule has 0 radical (unpaired) electrons. The predicted octanol–water partition coefficient (Wildman–Crippen LogP) is 9.46. The average Bonchev–Trinajstić information content (AvgIpc) is 2.59. The van der Waals surface area contributed by atoms with E-state index in [4.69, 9.17) is 0 Å². The first kappa shape index (κ1) is 24.0. The summed E-state index contributed by atoms with van der Waals surface area (Å²) in [4.78, 5) is 0. The zero-order valence-electron chi connectivity index (χ0n) is 17.7. The molecule has 0 aromatic rings. The molecular formula is C24H50. The summed E-state index contributed by atoms with van der Waals surface area (Å²) in [6.45, 7) is 6.98. The molecule has 0 aliphatic rings. The van der Waals surface area contributed by atoms with E-state index in [1.807, 2.05) is 0 Å². The molecule has 0 bridgehead atoms. The van der Waals surface area contributed by atoms with Gasteiger partial charge < -0.3 is 0 Å². The highest BCUT2D eigenvalue weighted by atomic mass is 14.1. The normalized spacial score (nSPS) is 12.6. The second kappa shape index (κ2) is 21.0. The second-order valence-electron chi connectivity index (χ2n) is 8.18. The Bertz CT molecular complexity index is 208. The van der Waals surface area contributed by atoms with E-state index < -0.39 is 0 Å². The minimum atomic E-state index is 1.04. The summed E-state index contributed by atoms with van der Waals surface area (Å²) in [7, 11) is 0. The van der Waals surface area contributed by atoms with Crippen LogP contribution in [-0.4, -0.2) is 0 Å². The van der Waals surface area contributed by atoms with E-state index in [2.05, 4.69) is 20.8 Å². The molecule has 146 valence electrons. The van der Waals surface area contributed by atoms with Gasteiger partial charge in [-0.1, -0.05) is 149 Å². The van der Waals surface area contributed by atoms with Gasteiger partial charge in [-0.05, 0) is 5.92 Å². The Balaban J connectivity index is 3.37. The third-order valence-electron chi connectivity index (χ3n) is 5.63. The summed E-state index contributed by atoms with van der Waals surface area (Å²) in [5, 5.41) is 0. The first-order valence-electron chi connectivity index (χ1n) is 11.8. The summed E-state index contributed by atoms with van der Waals surface area (Å²) in [6.07, 6.45) is 29.3. The predicted molar refractivity (Wildman–Crippen MR) is 113 cm³/mol. The van der Waals surface area contributed by atoms with Crippen LogP contribution in [0.5, 0.6) is 0 Å². The van der Waals surface area contributed by atoms with Gasteiger partial charge in [-0.3, -0.25) is 0 Å². The van der Waals surface area contributed by atoms with Crippen molar-refractivity contribution in [3.8, 4) is 0 Å². The molecule has 1 atom stereocenters. The van der Waals surface area contributed by atoms with Crippen molar-refractivity contribution in [1.82, 2.24) is 0 Å². The Morgan fingerprint density at radius 3 is 1.00 bits per heavy atom. The van der Waals surface area contributed by atoms with Gasteiger partial charge in [-0.2, -0.15) is 0 Å². The van der Waals surface area contributed by atoms with Crippen molar-refractivity contribution in [2.75, 3.05) is 0 Å². The van der Waals surface area contributed by atoms with Gasteiger partial charge in [0.1, 0.15) is 0 Å². The third-order valence-corrected chi connectivity index (χ3v) is 5.63. The molecule has 0 rings (SSSR count). The second-order valence-corrected chi connectivity index (χ2v) is 8.18. The summed E-state index contributed by atoms with van der Waals surface area (Å²) < 4.78 is 0. The van der Waals surface area contributed by atoms with Crippen molar-refractivity contribution in [2.24, 2.45) is 5.92 Å².